The quantitative estimate of drug-likeness (QED) is 0.275. The average molecular weight is 485 g/mol. The molecular formula is C28H21ClN2O2S. The maximum atomic E-state index is 13.5. The second-order valence-electron chi connectivity index (χ2n) is 8.03. The second kappa shape index (κ2) is 9.37. The molecule has 2 heterocycles. The Morgan fingerprint density at radius 1 is 0.853 bits per heavy atom. The molecule has 0 radical (unpaired) electrons. The van der Waals surface area contributed by atoms with Gasteiger partial charge in [-0.25, -0.2) is 4.99 Å². The van der Waals surface area contributed by atoms with E-state index in [2.05, 4.69) is 0 Å². The van der Waals surface area contributed by atoms with Crippen LogP contribution >= 0.6 is 23.4 Å². The second-order valence-corrected chi connectivity index (χ2v) is 9.47. The fraction of sp³-hybridized carbons (Fsp3) is 0.0714. The van der Waals surface area contributed by atoms with Crippen LogP contribution in [0.4, 0.5) is 11.4 Å². The van der Waals surface area contributed by atoms with Gasteiger partial charge in [0.1, 0.15) is 11.5 Å². The highest BCUT2D eigenvalue weighted by atomic mass is 35.5. The van der Waals surface area contributed by atoms with Crippen LogP contribution in [0.25, 0.3) is 17.4 Å². The molecule has 6 heteroatoms. The Bertz CT molecular complexity index is 1400. The van der Waals surface area contributed by atoms with Crippen molar-refractivity contribution in [3.8, 4) is 11.3 Å². The molecule has 168 valence electrons. The summed E-state index contributed by atoms with van der Waals surface area (Å²) in [5.74, 6) is 1.17. The standard InChI is InChI=1S/C28H21ClN2O2S/c1-18-3-11-22(12-4-18)30-28-31(23-13-5-19(2)6-14-23)27(32)26(34-28)17-24-15-16-25(33-24)20-7-9-21(29)10-8-20/h3-17H,1-2H3/b26-17-,30-28?. The van der Waals surface area contributed by atoms with Crippen LogP contribution in [-0.4, -0.2) is 11.1 Å². The molecule has 1 aromatic heterocycles. The zero-order valence-electron chi connectivity index (χ0n) is 18.7. The molecule has 4 nitrogen and oxygen atoms in total. The average Bonchev–Trinajstić information content (AvgIpc) is 3.41. The van der Waals surface area contributed by atoms with Crippen molar-refractivity contribution >= 4 is 51.9 Å². The molecule has 0 saturated carbocycles. The third-order valence-electron chi connectivity index (χ3n) is 5.39. The maximum Gasteiger partial charge on any atom is 0.271 e. The Labute approximate surface area is 207 Å². The van der Waals surface area contributed by atoms with E-state index in [1.807, 2.05) is 98.8 Å². The summed E-state index contributed by atoms with van der Waals surface area (Å²) in [6.45, 7) is 4.05. The number of aryl methyl sites for hydroxylation is 2. The molecule has 3 aromatic carbocycles. The fourth-order valence-electron chi connectivity index (χ4n) is 3.53. The summed E-state index contributed by atoms with van der Waals surface area (Å²) in [4.78, 5) is 20.4. The van der Waals surface area contributed by atoms with Crippen LogP contribution in [0.3, 0.4) is 0 Å². The van der Waals surface area contributed by atoms with Crippen LogP contribution in [0.15, 0.2) is 99.2 Å². The maximum absolute atomic E-state index is 13.5. The summed E-state index contributed by atoms with van der Waals surface area (Å²) in [5.41, 5.74) is 4.77. The number of furan rings is 1. The van der Waals surface area contributed by atoms with Crippen LogP contribution in [0.1, 0.15) is 16.9 Å². The van der Waals surface area contributed by atoms with Gasteiger partial charge in [-0.2, -0.15) is 0 Å². The summed E-state index contributed by atoms with van der Waals surface area (Å²) < 4.78 is 6.00. The minimum Gasteiger partial charge on any atom is -0.457 e. The molecule has 0 atom stereocenters. The minimum absolute atomic E-state index is 0.135. The van der Waals surface area contributed by atoms with Crippen LogP contribution < -0.4 is 4.90 Å². The summed E-state index contributed by atoms with van der Waals surface area (Å²) >= 11 is 7.33. The van der Waals surface area contributed by atoms with Crippen molar-refractivity contribution in [3.05, 3.63) is 112 Å². The number of amidine groups is 1. The van der Waals surface area contributed by atoms with E-state index in [4.69, 9.17) is 21.0 Å². The lowest BCUT2D eigenvalue weighted by atomic mass is 10.2. The smallest absolute Gasteiger partial charge is 0.271 e. The molecule has 1 saturated heterocycles. The topological polar surface area (TPSA) is 45.8 Å². The van der Waals surface area contributed by atoms with Crippen molar-refractivity contribution < 1.29 is 9.21 Å². The number of anilines is 1. The van der Waals surface area contributed by atoms with E-state index >= 15 is 0 Å². The first-order valence-corrected chi connectivity index (χ1v) is 12.0. The molecule has 0 unspecified atom stereocenters. The lowest BCUT2D eigenvalue weighted by Gasteiger charge is -2.16. The molecule has 1 aliphatic rings. The Morgan fingerprint density at radius 2 is 1.50 bits per heavy atom. The number of benzene rings is 3. The van der Waals surface area contributed by atoms with Crippen molar-refractivity contribution in [1.29, 1.82) is 0 Å². The van der Waals surface area contributed by atoms with E-state index in [1.54, 1.807) is 11.0 Å². The SMILES string of the molecule is Cc1ccc(N=C2S/C(=C\c3ccc(-c4ccc(Cl)cc4)o3)C(=O)N2c2ccc(C)cc2)cc1. The van der Waals surface area contributed by atoms with Gasteiger partial charge < -0.3 is 4.42 Å². The zero-order chi connectivity index (χ0) is 23.7. The van der Waals surface area contributed by atoms with Crippen molar-refractivity contribution in [1.82, 2.24) is 0 Å². The summed E-state index contributed by atoms with van der Waals surface area (Å²) in [6, 6.07) is 27.0. The number of rotatable bonds is 4. The molecule has 0 aliphatic carbocycles. The molecule has 34 heavy (non-hydrogen) atoms. The Kier molecular flexibility index (Phi) is 6.14. The largest absolute Gasteiger partial charge is 0.457 e. The Balaban J connectivity index is 1.50. The third kappa shape index (κ3) is 4.72. The first-order chi connectivity index (χ1) is 16.5. The number of hydrogen-bond acceptors (Lipinski definition) is 4. The number of nitrogens with zero attached hydrogens (tertiary/aromatic N) is 2. The van der Waals surface area contributed by atoms with E-state index in [9.17, 15) is 4.79 Å². The van der Waals surface area contributed by atoms with Gasteiger partial charge in [0.15, 0.2) is 5.17 Å². The predicted octanol–water partition coefficient (Wildman–Crippen LogP) is 8.03. The van der Waals surface area contributed by atoms with Crippen molar-refractivity contribution in [2.75, 3.05) is 4.90 Å². The number of amides is 1. The highest BCUT2D eigenvalue weighted by molar-refractivity contribution is 8.19. The highest BCUT2D eigenvalue weighted by Gasteiger charge is 2.35. The lowest BCUT2D eigenvalue weighted by Crippen LogP contribution is -2.28. The number of halogens is 1. The van der Waals surface area contributed by atoms with E-state index in [0.717, 1.165) is 28.1 Å². The number of aliphatic imine (C=N–C) groups is 1. The Hall–Kier alpha value is -3.54. The van der Waals surface area contributed by atoms with E-state index in [1.165, 1.54) is 11.8 Å². The zero-order valence-corrected chi connectivity index (χ0v) is 20.2. The van der Waals surface area contributed by atoms with Gasteiger partial charge in [0.25, 0.3) is 5.91 Å². The molecule has 1 amide bonds. The monoisotopic (exact) mass is 484 g/mol. The minimum atomic E-state index is -0.135. The normalized spacial score (nSPS) is 16.1. The van der Waals surface area contributed by atoms with Gasteiger partial charge in [0, 0.05) is 16.7 Å². The van der Waals surface area contributed by atoms with Crippen LogP contribution in [-0.2, 0) is 4.79 Å². The summed E-state index contributed by atoms with van der Waals surface area (Å²) in [5, 5.41) is 1.27. The molecule has 5 rings (SSSR count). The predicted molar refractivity (Wildman–Crippen MR) is 142 cm³/mol. The van der Waals surface area contributed by atoms with Crippen LogP contribution in [0.5, 0.6) is 0 Å². The third-order valence-corrected chi connectivity index (χ3v) is 6.61. The van der Waals surface area contributed by atoms with E-state index < -0.39 is 0 Å². The number of carbonyl (C=O) groups is 1. The van der Waals surface area contributed by atoms with Gasteiger partial charge in [-0.15, -0.1) is 0 Å². The molecule has 0 spiro atoms. The van der Waals surface area contributed by atoms with Gasteiger partial charge in [-0.1, -0.05) is 47.0 Å². The number of thioether (sulfide) groups is 1. The molecule has 1 aliphatic heterocycles. The first-order valence-electron chi connectivity index (χ1n) is 10.8. The Morgan fingerprint density at radius 3 is 2.18 bits per heavy atom. The van der Waals surface area contributed by atoms with Gasteiger partial charge in [-0.3, -0.25) is 9.69 Å². The van der Waals surface area contributed by atoms with Gasteiger partial charge in [-0.05, 0) is 86.3 Å². The molecule has 4 aromatic rings. The fourth-order valence-corrected chi connectivity index (χ4v) is 4.64. The first kappa shape index (κ1) is 22.3. The number of carbonyl (C=O) groups excluding carboxylic acids is 1. The van der Waals surface area contributed by atoms with Gasteiger partial charge in [0.05, 0.1) is 16.3 Å². The molecule has 1 fully saturated rings. The number of hydrogen-bond donors (Lipinski definition) is 0. The van der Waals surface area contributed by atoms with Gasteiger partial charge >= 0.3 is 0 Å². The van der Waals surface area contributed by atoms with Crippen molar-refractivity contribution in [3.63, 3.8) is 0 Å². The van der Waals surface area contributed by atoms with Crippen LogP contribution in [0.2, 0.25) is 5.02 Å². The van der Waals surface area contributed by atoms with Crippen molar-refractivity contribution in [2.24, 2.45) is 4.99 Å². The summed E-state index contributed by atoms with van der Waals surface area (Å²) in [7, 11) is 0. The van der Waals surface area contributed by atoms with E-state index in [-0.39, 0.29) is 5.91 Å². The van der Waals surface area contributed by atoms with Crippen molar-refractivity contribution in [2.45, 2.75) is 13.8 Å². The molecule has 0 N–H and O–H groups in total. The lowest BCUT2D eigenvalue weighted by molar-refractivity contribution is -0.113. The van der Waals surface area contributed by atoms with Crippen LogP contribution in [0, 0.1) is 13.8 Å². The molecular weight excluding hydrogens is 464 g/mol. The van der Waals surface area contributed by atoms with E-state index in [0.29, 0.717) is 26.6 Å². The van der Waals surface area contributed by atoms with Gasteiger partial charge in [0.2, 0.25) is 0 Å². The molecule has 0 bridgehead atoms. The summed E-state index contributed by atoms with van der Waals surface area (Å²) in [6.07, 6.45) is 1.77. The highest BCUT2D eigenvalue weighted by Crippen LogP contribution is 2.38.